The molecule has 1 rings (SSSR count). The van der Waals surface area contributed by atoms with Gasteiger partial charge in [-0.2, -0.15) is 0 Å². The second kappa shape index (κ2) is 7.37. The molecule has 0 bridgehead atoms. The third kappa shape index (κ3) is 4.91. The van der Waals surface area contributed by atoms with Crippen LogP contribution in [0.2, 0.25) is 0 Å². The molecule has 0 saturated carbocycles. The smallest absolute Gasteiger partial charge is 0.119 e. The van der Waals surface area contributed by atoms with Gasteiger partial charge < -0.3 is 10.2 Å². The number of rotatable bonds is 5. The first-order valence-electron chi connectivity index (χ1n) is 4.99. The van der Waals surface area contributed by atoms with Gasteiger partial charge in [0, 0.05) is 5.69 Å². The molecule has 0 saturated heterocycles. The fourth-order valence-electron chi connectivity index (χ4n) is 1.33. The standard InChI is InChI=1S/C11H18N2O.ClH/c1-3-4-9(2)14-11-7-5-10(13-12)6-8-11;/h5-9,13H,3-4,12H2,1-2H3;1H. The SMILES string of the molecule is CCCC(C)Oc1ccc(NN)cc1.Cl. The molecule has 0 fully saturated rings. The van der Waals surface area contributed by atoms with E-state index in [2.05, 4.69) is 19.3 Å². The molecular formula is C11H19ClN2O. The fourth-order valence-corrected chi connectivity index (χ4v) is 1.33. The van der Waals surface area contributed by atoms with Gasteiger partial charge in [-0.05, 0) is 37.6 Å². The number of benzene rings is 1. The number of nitrogens with one attached hydrogen (secondary N) is 1. The Hall–Kier alpha value is -0.930. The van der Waals surface area contributed by atoms with Crippen molar-refractivity contribution in [2.24, 2.45) is 5.84 Å². The van der Waals surface area contributed by atoms with Gasteiger partial charge in [-0.3, -0.25) is 5.84 Å². The van der Waals surface area contributed by atoms with Crippen LogP contribution in [0.25, 0.3) is 0 Å². The molecule has 0 spiro atoms. The Balaban J connectivity index is 0.00000196. The van der Waals surface area contributed by atoms with Crippen molar-refractivity contribution in [2.45, 2.75) is 32.8 Å². The highest BCUT2D eigenvalue weighted by atomic mass is 35.5. The molecule has 0 amide bonds. The maximum atomic E-state index is 5.69. The Morgan fingerprint density at radius 2 is 1.93 bits per heavy atom. The number of anilines is 1. The van der Waals surface area contributed by atoms with Crippen molar-refractivity contribution in [1.82, 2.24) is 0 Å². The van der Waals surface area contributed by atoms with Crippen molar-refractivity contribution < 1.29 is 4.74 Å². The molecule has 15 heavy (non-hydrogen) atoms. The third-order valence-electron chi connectivity index (χ3n) is 2.05. The van der Waals surface area contributed by atoms with Gasteiger partial charge >= 0.3 is 0 Å². The number of hydrogen-bond donors (Lipinski definition) is 2. The van der Waals surface area contributed by atoms with Gasteiger partial charge in [-0.15, -0.1) is 12.4 Å². The van der Waals surface area contributed by atoms with Gasteiger partial charge in [0.2, 0.25) is 0 Å². The zero-order valence-electron chi connectivity index (χ0n) is 9.19. The summed E-state index contributed by atoms with van der Waals surface area (Å²) in [5, 5.41) is 0. The summed E-state index contributed by atoms with van der Waals surface area (Å²) in [5.41, 5.74) is 3.47. The number of hydrogen-bond acceptors (Lipinski definition) is 3. The lowest BCUT2D eigenvalue weighted by molar-refractivity contribution is 0.210. The van der Waals surface area contributed by atoms with Gasteiger partial charge in [-0.25, -0.2) is 0 Å². The quantitative estimate of drug-likeness (QED) is 0.604. The zero-order valence-corrected chi connectivity index (χ0v) is 10.0. The van der Waals surface area contributed by atoms with Crippen LogP contribution in [0.15, 0.2) is 24.3 Å². The molecule has 86 valence electrons. The predicted molar refractivity (Wildman–Crippen MR) is 66.5 cm³/mol. The molecule has 0 aliphatic carbocycles. The van der Waals surface area contributed by atoms with Crippen LogP contribution in [-0.4, -0.2) is 6.10 Å². The second-order valence-electron chi connectivity index (χ2n) is 3.39. The zero-order chi connectivity index (χ0) is 10.4. The minimum Gasteiger partial charge on any atom is -0.491 e. The molecule has 3 N–H and O–H groups in total. The summed E-state index contributed by atoms with van der Waals surface area (Å²) in [7, 11) is 0. The summed E-state index contributed by atoms with van der Waals surface area (Å²) in [6.07, 6.45) is 2.50. The van der Waals surface area contributed by atoms with E-state index in [9.17, 15) is 0 Å². The highest BCUT2D eigenvalue weighted by Gasteiger charge is 2.01. The molecule has 0 radical (unpaired) electrons. The Morgan fingerprint density at radius 1 is 1.33 bits per heavy atom. The Kier molecular flexibility index (Phi) is 6.92. The van der Waals surface area contributed by atoms with E-state index in [0.717, 1.165) is 24.3 Å². The van der Waals surface area contributed by atoms with Gasteiger partial charge in [0.1, 0.15) is 5.75 Å². The minimum absolute atomic E-state index is 0. The molecule has 0 aliphatic rings. The van der Waals surface area contributed by atoms with E-state index in [1.54, 1.807) is 0 Å². The van der Waals surface area contributed by atoms with Crippen molar-refractivity contribution in [2.75, 3.05) is 5.43 Å². The molecule has 4 heteroatoms. The van der Waals surface area contributed by atoms with E-state index in [-0.39, 0.29) is 18.5 Å². The maximum Gasteiger partial charge on any atom is 0.119 e. The molecule has 1 atom stereocenters. The summed E-state index contributed by atoms with van der Waals surface area (Å²) < 4.78 is 5.69. The third-order valence-corrected chi connectivity index (χ3v) is 2.05. The Morgan fingerprint density at radius 3 is 2.40 bits per heavy atom. The second-order valence-corrected chi connectivity index (χ2v) is 3.39. The van der Waals surface area contributed by atoms with Crippen molar-refractivity contribution in [3.05, 3.63) is 24.3 Å². The first kappa shape index (κ1) is 14.1. The van der Waals surface area contributed by atoms with Crippen molar-refractivity contribution in [3.63, 3.8) is 0 Å². The predicted octanol–water partition coefficient (Wildman–Crippen LogP) is 2.96. The van der Waals surface area contributed by atoms with Crippen LogP contribution >= 0.6 is 12.4 Å². The van der Waals surface area contributed by atoms with Crippen LogP contribution < -0.4 is 16.0 Å². The lowest BCUT2D eigenvalue weighted by Gasteiger charge is -2.13. The fraction of sp³-hybridized carbons (Fsp3) is 0.455. The highest BCUT2D eigenvalue weighted by Crippen LogP contribution is 2.17. The number of nitrogen functional groups attached to an aromatic ring is 1. The average Bonchev–Trinajstić information content (AvgIpc) is 2.19. The largest absolute Gasteiger partial charge is 0.491 e. The first-order valence-corrected chi connectivity index (χ1v) is 4.99. The summed E-state index contributed by atoms with van der Waals surface area (Å²) in [5.74, 6) is 6.15. The lowest BCUT2D eigenvalue weighted by atomic mass is 10.2. The molecule has 0 aromatic heterocycles. The van der Waals surface area contributed by atoms with Gasteiger partial charge in [-0.1, -0.05) is 13.3 Å². The maximum absolute atomic E-state index is 5.69. The Labute approximate surface area is 97.4 Å². The number of ether oxygens (including phenoxy) is 1. The molecule has 0 heterocycles. The van der Waals surface area contributed by atoms with Crippen LogP contribution in [0.1, 0.15) is 26.7 Å². The van der Waals surface area contributed by atoms with Crippen molar-refractivity contribution in [1.29, 1.82) is 0 Å². The number of hydrazine groups is 1. The van der Waals surface area contributed by atoms with Crippen molar-refractivity contribution >= 4 is 18.1 Å². The van der Waals surface area contributed by atoms with Crippen LogP contribution in [0.4, 0.5) is 5.69 Å². The van der Waals surface area contributed by atoms with E-state index in [0.29, 0.717) is 0 Å². The average molecular weight is 231 g/mol. The van der Waals surface area contributed by atoms with Gasteiger partial charge in [0.25, 0.3) is 0 Å². The molecule has 1 unspecified atom stereocenters. The monoisotopic (exact) mass is 230 g/mol. The van der Waals surface area contributed by atoms with E-state index in [1.807, 2.05) is 24.3 Å². The molecule has 1 aromatic rings. The van der Waals surface area contributed by atoms with E-state index in [1.165, 1.54) is 0 Å². The minimum atomic E-state index is 0. The molecule has 0 aliphatic heterocycles. The van der Waals surface area contributed by atoms with Crippen LogP contribution in [-0.2, 0) is 0 Å². The summed E-state index contributed by atoms with van der Waals surface area (Å²) in [6.45, 7) is 4.24. The van der Waals surface area contributed by atoms with Crippen LogP contribution in [0.3, 0.4) is 0 Å². The molecular weight excluding hydrogens is 212 g/mol. The van der Waals surface area contributed by atoms with Gasteiger partial charge in [0.15, 0.2) is 0 Å². The number of halogens is 1. The number of nitrogens with two attached hydrogens (primary N) is 1. The summed E-state index contributed by atoms with van der Waals surface area (Å²) in [4.78, 5) is 0. The lowest BCUT2D eigenvalue weighted by Crippen LogP contribution is -2.11. The van der Waals surface area contributed by atoms with Crippen LogP contribution in [0.5, 0.6) is 5.75 Å². The first-order chi connectivity index (χ1) is 6.76. The topological polar surface area (TPSA) is 47.3 Å². The highest BCUT2D eigenvalue weighted by molar-refractivity contribution is 5.85. The van der Waals surface area contributed by atoms with E-state index >= 15 is 0 Å². The normalized spacial score (nSPS) is 11.4. The molecule has 1 aromatic carbocycles. The molecule has 3 nitrogen and oxygen atoms in total. The van der Waals surface area contributed by atoms with Crippen LogP contribution in [0, 0.1) is 0 Å². The van der Waals surface area contributed by atoms with E-state index in [4.69, 9.17) is 10.6 Å². The van der Waals surface area contributed by atoms with Gasteiger partial charge in [0.05, 0.1) is 6.10 Å². The van der Waals surface area contributed by atoms with E-state index < -0.39 is 0 Å². The summed E-state index contributed by atoms with van der Waals surface area (Å²) in [6, 6.07) is 7.63. The Bertz CT molecular complexity index is 264. The summed E-state index contributed by atoms with van der Waals surface area (Å²) >= 11 is 0. The van der Waals surface area contributed by atoms with Crippen molar-refractivity contribution in [3.8, 4) is 5.75 Å².